The molecule has 118 valence electrons. The van der Waals surface area contributed by atoms with Crippen LogP contribution in [-0.2, 0) is 24.2 Å². The number of carbonyl (C=O) groups is 2. The van der Waals surface area contributed by atoms with Gasteiger partial charge in [-0.25, -0.2) is 0 Å². The van der Waals surface area contributed by atoms with Gasteiger partial charge in [-0.15, -0.1) is 0 Å². The first-order valence-electron chi connectivity index (χ1n) is 6.01. The predicted molar refractivity (Wildman–Crippen MR) is 74.9 cm³/mol. The highest BCUT2D eigenvalue weighted by Gasteiger charge is 2.34. The van der Waals surface area contributed by atoms with Crippen molar-refractivity contribution in [2.45, 2.75) is 0 Å². The van der Waals surface area contributed by atoms with Crippen molar-refractivity contribution in [1.82, 2.24) is 5.17 Å². The molecule has 0 saturated carbocycles. The van der Waals surface area contributed by atoms with E-state index < -0.39 is 10.8 Å². The summed E-state index contributed by atoms with van der Waals surface area (Å²) in [6, 6.07) is 5.36. The summed E-state index contributed by atoms with van der Waals surface area (Å²) in [7, 11) is 0. The Morgan fingerprint density at radius 1 is 1.30 bits per heavy atom. The van der Waals surface area contributed by atoms with Crippen molar-refractivity contribution in [2.24, 2.45) is 5.10 Å². The Morgan fingerprint density at radius 3 is 2.57 bits per heavy atom. The molecule has 0 bridgehead atoms. The van der Waals surface area contributed by atoms with E-state index in [2.05, 4.69) is 26.3 Å². The average molecular weight is 319 g/mol. The lowest BCUT2D eigenvalue weighted by Gasteiger charge is -2.06. The Labute approximate surface area is 128 Å². The monoisotopic (exact) mass is 319 g/mol. The maximum Gasteiger partial charge on any atom is 0.309 e. The number of rotatable bonds is 6. The molecule has 0 fully saturated rings. The zero-order valence-electron chi connectivity index (χ0n) is 11.4. The summed E-state index contributed by atoms with van der Waals surface area (Å²) in [4.78, 5) is 41.5. The molecule has 1 aliphatic heterocycles. The standard InChI is InChI=1S/C13H9N3O7/c1-2-22-23-15-13(18)11(12(14-15)21-8-17)7-9-3-5-10(6-4-9)16(19)20/h2-8H,1H2/b11-7-. The molecule has 0 aromatic heterocycles. The van der Waals surface area contributed by atoms with Gasteiger partial charge in [0.25, 0.3) is 18.1 Å². The molecule has 0 spiro atoms. The van der Waals surface area contributed by atoms with Gasteiger partial charge in [-0.05, 0) is 28.8 Å². The van der Waals surface area contributed by atoms with Gasteiger partial charge in [-0.2, -0.15) is 0 Å². The number of amides is 1. The summed E-state index contributed by atoms with van der Waals surface area (Å²) in [5.41, 5.74) is 0.249. The van der Waals surface area contributed by atoms with Gasteiger partial charge in [-0.1, -0.05) is 16.9 Å². The summed E-state index contributed by atoms with van der Waals surface area (Å²) in [5, 5.41) is 14.7. The number of hydrogen-bond donors (Lipinski definition) is 0. The Balaban J connectivity index is 2.29. The van der Waals surface area contributed by atoms with Crippen molar-refractivity contribution in [3.8, 4) is 0 Å². The van der Waals surface area contributed by atoms with Crippen molar-refractivity contribution in [1.29, 1.82) is 0 Å². The number of hydrogen-bond acceptors (Lipinski definition) is 8. The zero-order valence-corrected chi connectivity index (χ0v) is 11.4. The predicted octanol–water partition coefficient (Wildman–Crippen LogP) is 1.31. The molecule has 10 heteroatoms. The van der Waals surface area contributed by atoms with Crippen molar-refractivity contribution in [3.05, 3.63) is 58.4 Å². The Morgan fingerprint density at radius 2 is 2.00 bits per heavy atom. The summed E-state index contributed by atoms with van der Waals surface area (Å²) in [6.07, 6.45) is 2.24. The lowest BCUT2D eigenvalue weighted by molar-refractivity contribution is -0.384. The van der Waals surface area contributed by atoms with Crippen LogP contribution in [-0.4, -0.2) is 28.4 Å². The van der Waals surface area contributed by atoms with Gasteiger partial charge in [0.05, 0.1) is 4.92 Å². The molecule has 0 unspecified atom stereocenters. The number of non-ortho nitro benzene ring substituents is 1. The van der Waals surface area contributed by atoms with Crippen LogP contribution in [0.2, 0.25) is 0 Å². The average Bonchev–Trinajstić information content (AvgIpc) is 2.82. The van der Waals surface area contributed by atoms with Crippen LogP contribution in [0.15, 0.2) is 47.8 Å². The topological polar surface area (TPSA) is 121 Å². The molecule has 1 amide bonds. The molecule has 1 heterocycles. The molecule has 1 aromatic carbocycles. The highest BCUT2D eigenvalue weighted by molar-refractivity contribution is 6.25. The molecule has 0 N–H and O–H groups in total. The minimum Gasteiger partial charge on any atom is -0.407 e. The molecule has 0 radical (unpaired) electrons. The fourth-order valence-corrected chi connectivity index (χ4v) is 1.61. The van der Waals surface area contributed by atoms with Crippen LogP contribution < -0.4 is 0 Å². The van der Waals surface area contributed by atoms with E-state index in [4.69, 9.17) is 0 Å². The summed E-state index contributed by atoms with van der Waals surface area (Å²) < 4.78 is 4.60. The highest BCUT2D eigenvalue weighted by Crippen LogP contribution is 2.21. The Kier molecular flexibility index (Phi) is 4.79. The van der Waals surface area contributed by atoms with E-state index in [1.54, 1.807) is 0 Å². The van der Waals surface area contributed by atoms with Crippen LogP contribution >= 0.6 is 0 Å². The molecular weight excluding hydrogens is 310 g/mol. The molecule has 0 aliphatic carbocycles. The fourth-order valence-electron chi connectivity index (χ4n) is 1.61. The summed E-state index contributed by atoms with van der Waals surface area (Å²) in [6.45, 7) is 3.31. The van der Waals surface area contributed by atoms with E-state index in [1.807, 2.05) is 0 Å². The minimum absolute atomic E-state index is 0.0909. The van der Waals surface area contributed by atoms with Crippen molar-refractivity contribution >= 4 is 30.0 Å². The number of nitro groups is 1. The van der Waals surface area contributed by atoms with Gasteiger partial charge in [0.15, 0.2) is 0 Å². The maximum atomic E-state index is 12.1. The van der Waals surface area contributed by atoms with E-state index in [1.165, 1.54) is 30.3 Å². The first kappa shape index (κ1) is 15.9. The second-order valence-corrected chi connectivity index (χ2v) is 3.94. The molecule has 10 nitrogen and oxygen atoms in total. The number of hydroxylamine groups is 1. The van der Waals surface area contributed by atoms with Crippen LogP contribution in [0.5, 0.6) is 0 Å². The summed E-state index contributed by atoms with van der Waals surface area (Å²) in [5.74, 6) is -1.07. The van der Waals surface area contributed by atoms with Gasteiger partial charge in [0, 0.05) is 12.1 Å². The van der Waals surface area contributed by atoms with Crippen molar-refractivity contribution in [2.75, 3.05) is 0 Å². The SMILES string of the molecule is C=COON1N=C(OC=O)/C(=C/c2ccc([N+](=O)[O-])cc2)C1=O. The second kappa shape index (κ2) is 6.95. The van der Waals surface area contributed by atoms with E-state index in [9.17, 15) is 19.7 Å². The van der Waals surface area contributed by atoms with Gasteiger partial charge in [0.1, 0.15) is 11.8 Å². The van der Waals surface area contributed by atoms with Crippen molar-refractivity contribution < 1.29 is 29.1 Å². The molecule has 1 aliphatic rings. The van der Waals surface area contributed by atoms with Gasteiger partial charge in [-0.3, -0.25) is 19.7 Å². The smallest absolute Gasteiger partial charge is 0.309 e. The first-order valence-corrected chi connectivity index (χ1v) is 6.01. The van der Waals surface area contributed by atoms with Gasteiger partial charge in [0.2, 0.25) is 0 Å². The van der Waals surface area contributed by atoms with E-state index in [-0.39, 0.29) is 23.6 Å². The van der Waals surface area contributed by atoms with E-state index in [0.29, 0.717) is 10.7 Å². The summed E-state index contributed by atoms with van der Waals surface area (Å²) >= 11 is 0. The molecule has 1 aromatic rings. The Hall–Kier alpha value is -3.53. The lowest BCUT2D eigenvalue weighted by atomic mass is 10.1. The van der Waals surface area contributed by atoms with Crippen molar-refractivity contribution in [3.63, 3.8) is 0 Å². The third kappa shape index (κ3) is 3.57. The quantitative estimate of drug-likeness (QED) is 0.193. The van der Waals surface area contributed by atoms with Crippen LogP contribution in [0, 0.1) is 10.1 Å². The van der Waals surface area contributed by atoms with Crippen LogP contribution in [0.25, 0.3) is 6.08 Å². The fraction of sp³-hybridized carbons (Fsp3) is 0. The minimum atomic E-state index is -0.762. The van der Waals surface area contributed by atoms with Crippen LogP contribution in [0.3, 0.4) is 0 Å². The first-order chi connectivity index (χ1) is 11.1. The largest absolute Gasteiger partial charge is 0.407 e. The number of ether oxygens (including phenoxy) is 1. The zero-order chi connectivity index (χ0) is 16.8. The van der Waals surface area contributed by atoms with Crippen LogP contribution in [0.1, 0.15) is 5.56 Å². The number of nitrogens with zero attached hydrogens (tertiary/aromatic N) is 3. The van der Waals surface area contributed by atoms with Gasteiger partial charge >= 0.3 is 5.91 Å². The number of hydrazone groups is 1. The molecule has 2 rings (SSSR count). The molecule has 23 heavy (non-hydrogen) atoms. The van der Waals surface area contributed by atoms with E-state index >= 15 is 0 Å². The third-order valence-corrected chi connectivity index (χ3v) is 2.57. The second-order valence-electron chi connectivity index (χ2n) is 3.94. The normalized spacial score (nSPS) is 15.3. The number of nitro benzene ring substituents is 1. The number of benzene rings is 1. The van der Waals surface area contributed by atoms with Gasteiger partial charge < -0.3 is 9.62 Å². The molecule has 0 atom stereocenters. The third-order valence-electron chi connectivity index (χ3n) is 2.57. The van der Waals surface area contributed by atoms with Crippen LogP contribution in [0.4, 0.5) is 5.69 Å². The lowest BCUT2D eigenvalue weighted by Crippen LogP contribution is -2.22. The Bertz CT molecular complexity index is 709. The van der Waals surface area contributed by atoms with E-state index in [0.717, 1.165) is 6.26 Å². The number of carbonyl (C=O) groups excluding carboxylic acids is 2. The molecular formula is C13H9N3O7. The maximum absolute atomic E-state index is 12.1. The molecule has 0 saturated heterocycles. The highest BCUT2D eigenvalue weighted by atomic mass is 17.3.